The number of rotatable bonds is 3. The number of anilines is 1. The predicted octanol–water partition coefficient (Wildman–Crippen LogP) is 2.70. The third-order valence-electron chi connectivity index (χ3n) is 3.12. The fraction of sp³-hybridized carbons (Fsp3) is 0. The quantitative estimate of drug-likeness (QED) is 0.628. The zero-order chi connectivity index (χ0) is 14.9. The Labute approximate surface area is 128 Å². The Balaban J connectivity index is 1.67. The number of nitrogens with zero attached hydrogens (tertiary/aromatic N) is 4. The Morgan fingerprint density at radius 2 is 2.18 bits per heavy atom. The fourth-order valence-corrected chi connectivity index (χ4v) is 2.53. The Morgan fingerprint density at radius 3 is 2.95 bits per heavy atom. The van der Waals surface area contributed by atoms with Crippen LogP contribution < -0.4 is 5.32 Å². The summed E-state index contributed by atoms with van der Waals surface area (Å²) < 4.78 is 6.89. The lowest BCUT2D eigenvalue weighted by Crippen LogP contribution is -2.12. The molecule has 22 heavy (non-hydrogen) atoms. The minimum atomic E-state index is -0.315. The number of aromatic nitrogens is 4. The molecule has 0 unspecified atom stereocenters. The van der Waals surface area contributed by atoms with E-state index in [4.69, 9.17) is 4.42 Å². The number of hydrogen-bond acceptors (Lipinski definition) is 6. The molecule has 0 saturated carbocycles. The average molecular weight is 311 g/mol. The van der Waals surface area contributed by atoms with Gasteiger partial charge < -0.3 is 8.82 Å². The monoisotopic (exact) mass is 311 g/mol. The Hall–Kier alpha value is -3.00. The van der Waals surface area contributed by atoms with Crippen LogP contribution in [0.4, 0.5) is 5.13 Å². The summed E-state index contributed by atoms with van der Waals surface area (Å²) in [6.07, 6.45) is 6.86. The summed E-state index contributed by atoms with van der Waals surface area (Å²) in [5.74, 6) is -0.315. The van der Waals surface area contributed by atoms with E-state index in [-0.39, 0.29) is 5.91 Å². The minimum absolute atomic E-state index is 0.315. The molecule has 1 N–H and O–H groups in total. The minimum Gasteiger partial charge on any atom is -0.472 e. The Bertz CT molecular complexity index is 928. The first-order valence-corrected chi connectivity index (χ1v) is 7.26. The number of amides is 1. The molecule has 108 valence electrons. The Morgan fingerprint density at radius 1 is 1.23 bits per heavy atom. The molecule has 0 atom stereocenters. The van der Waals surface area contributed by atoms with Crippen molar-refractivity contribution in [2.45, 2.75) is 0 Å². The maximum Gasteiger partial charge on any atom is 0.277 e. The highest BCUT2D eigenvalue weighted by molar-refractivity contribution is 7.13. The highest BCUT2D eigenvalue weighted by Crippen LogP contribution is 2.20. The Kier molecular flexibility index (Phi) is 2.94. The van der Waals surface area contributed by atoms with Gasteiger partial charge in [0.05, 0.1) is 12.5 Å². The zero-order valence-electron chi connectivity index (χ0n) is 11.1. The van der Waals surface area contributed by atoms with E-state index < -0.39 is 0 Å². The molecule has 4 aromatic heterocycles. The highest BCUT2D eigenvalue weighted by atomic mass is 32.1. The van der Waals surface area contributed by atoms with Crippen molar-refractivity contribution in [3.63, 3.8) is 0 Å². The topological polar surface area (TPSA) is 85.3 Å². The van der Waals surface area contributed by atoms with Gasteiger partial charge >= 0.3 is 0 Å². The second kappa shape index (κ2) is 5.08. The fourth-order valence-electron chi connectivity index (χ4n) is 2.09. The number of carbonyl (C=O) groups excluding carboxylic acids is 1. The molecular formula is C14H9N5O2S. The molecule has 8 heteroatoms. The summed E-state index contributed by atoms with van der Waals surface area (Å²) in [5, 5.41) is 10.5. The van der Waals surface area contributed by atoms with Crippen LogP contribution >= 0.6 is 11.3 Å². The van der Waals surface area contributed by atoms with E-state index >= 15 is 0 Å². The van der Waals surface area contributed by atoms with Crippen molar-refractivity contribution in [2.24, 2.45) is 0 Å². The van der Waals surface area contributed by atoms with Crippen molar-refractivity contribution in [3.8, 4) is 11.1 Å². The molecule has 4 rings (SSSR count). The summed E-state index contributed by atoms with van der Waals surface area (Å²) in [6.45, 7) is 0. The predicted molar refractivity (Wildman–Crippen MR) is 80.8 cm³/mol. The van der Waals surface area contributed by atoms with Crippen LogP contribution in [-0.2, 0) is 0 Å². The highest BCUT2D eigenvalue weighted by Gasteiger charge is 2.13. The first-order chi connectivity index (χ1) is 10.8. The van der Waals surface area contributed by atoms with Crippen LogP contribution in [0.25, 0.3) is 16.8 Å². The van der Waals surface area contributed by atoms with Crippen molar-refractivity contribution in [1.29, 1.82) is 0 Å². The number of nitrogens with one attached hydrogen (secondary N) is 1. The van der Waals surface area contributed by atoms with Crippen LogP contribution in [-0.4, -0.2) is 25.5 Å². The summed E-state index contributed by atoms with van der Waals surface area (Å²) >= 11 is 1.25. The van der Waals surface area contributed by atoms with Gasteiger partial charge in [0.2, 0.25) is 5.13 Å². The van der Waals surface area contributed by atoms with Crippen LogP contribution in [0.1, 0.15) is 10.5 Å². The number of hydrogen-bond donors (Lipinski definition) is 1. The second-order valence-corrected chi connectivity index (χ2v) is 5.35. The molecule has 0 aliphatic heterocycles. The zero-order valence-corrected chi connectivity index (χ0v) is 11.9. The van der Waals surface area contributed by atoms with E-state index in [0.29, 0.717) is 16.5 Å². The summed E-state index contributed by atoms with van der Waals surface area (Å²) in [6, 6.07) is 5.66. The number of imidazole rings is 1. The maximum atomic E-state index is 12.1. The number of fused-ring (bicyclic) bond motifs is 1. The molecule has 4 aromatic rings. The number of carbonyl (C=O) groups is 1. The van der Waals surface area contributed by atoms with Crippen molar-refractivity contribution < 1.29 is 9.21 Å². The van der Waals surface area contributed by atoms with Gasteiger partial charge in [-0.1, -0.05) is 11.3 Å². The van der Waals surface area contributed by atoms with Crippen molar-refractivity contribution in [2.75, 3.05) is 5.32 Å². The number of furan rings is 1. The van der Waals surface area contributed by atoms with Crippen LogP contribution in [0.15, 0.2) is 53.0 Å². The van der Waals surface area contributed by atoms with Gasteiger partial charge in [0.25, 0.3) is 5.91 Å². The van der Waals surface area contributed by atoms with E-state index in [9.17, 15) is 4.79 Å². The molecule has 7 nitrogen and oxygen atoms in total. The van der Waals surface area contributed by atoms with E-state index in [1.807, 2.05) is 24.4 Å². The van der Waals surface area contributed by atoms with Crippen LogP contribution in [0.3, 0.4) is 0 Å². The maximum absolute atomic E-state index is 12.1. The van der Waals surface area contributed by atoms with Gasteiger partial charge in [-0.2, -0.15) is 0 Å². The molecule has 4 heterocycles. The van der Waals surface area contributed by atoms with Gasteiger partial charge in [0.15, 0.2) is 0 Å². The molecule has 1 amide bonds. The molecule has 0 spiro atoms. The third-order valence-corrected chi connectivity index (χ3v) is 3.73. The molecular weight excluding hydrogens is 302 g/mol. The van der Waals surface area contributed by atoms with Gasteiger partial charge in [0, 0.05) is 23.5 Å². The van der Waals surface area contributed by atoms with Gasteiger partial charge in [-0.3, -0.25) is 10.1 Å². The van der Waals surface area contributed by atoms with E-state index in [2.05, 4.69) is 20.5 Å². The molecule has 0 saturated heterocycles. The van der Waals surface area contributed by atoms with E-state index in [1.54, 1.807) is 28.6 Å². The lowest BCUT2D eigenvalue weighted by atomic mass is 10.1. The lowest BCUT2D eigenvalue weighted by Gasteiger charge is -1.98. The first-order valence-electron chi connectivity index (χ1n) is 6.38. The van der Waals surface area contributed by atoms with E-state index in [0.717, 1.165) is 11.1 Å². The molecule has 0 aliphatic rings. The summed E-state index contributed by atoms with van der Waals surface area (Å²) in [4.78, 5) is 16.4. The molecule has 0 radical (unpaired) electrons. The SMILES string of the molecule is O=C(Nc1nncs1)c1cn2cc(-c3ccoc3)ccc2n1. The molecule has 0 bridgehead atoms. The van der Waals surface area contributed by atoms with Gasteiger partial charge in [-0.15, -0.1) is 10.2 Å². The first kappa shape index (κ1) is 12.7. The summed E-state index contributed by atoms with van der Waals surface area (Å²) in [7, 11) is 0. The molecule has 0 fully saturated rings. The molecule has 0 aliphatic carbocycles. The average Bonchev–Trinajstić information content (AvgIpc) is 3.27. The van der Waals surface area contributed by atoms with Crippen molar-refractivity contribution >= 4 is 28.0 Å². The van der Waals surface area contributed by atoms with Crippen LogP contribution in [0, 0.1) is 0 Å². The van der Waals surface area contributed by atoms with Gasteiger partial charge in [-0.05, 0) is 18.2 Å². The largest absolute Gasteiger partial charge is 0.472 e. The second-order valence-electron chi connectivity index (χ2n) is 4.52. The van der Waals surface area contributed by atoms with Crippen LogP contribution in [0.5, 0.6) is 0 Å². The number of pyridine rings is 1. The van der Waals surface area contributed by atoms with Crippen molar-refractivity contribution in [1.82, 2.24) is 19.6 Å². The normalized spacial score (nSPS) is 10.9. The van der Waals surface area contributed by atoms with E-state index in [1.165, 1.54) is 11.3 Å². The van der Waals surface area contributed by atoms with Crippen molar-refractivity contribution in [3.05, 3.63) is 54.3 Å². The molecule has 0 aromatic carbocycles. The van der Waals surface area contributed by atoms with Gasteiger partial charge in [0.1, 0.15) is 16.9 Å². The standard InChI is InChI=1S/C14H9N5O2S/c20-13(17-14-18-15-8-22-14)11-6-19-5-9(1-2-12(19)16-11)10-3-4-21-7-10/h1-8H,(H,17,18,20). The summed E-state index contributed by atoms with van der Waals surface area (Å²) in [5.41, 5.74) is 4.51. The third kappa shape index (κ3) is 2.25. The lowest BCUT2D eigenvalue weighted by molar-refractivity contribution is 0.102. The smallest absolute Gasteiger partial charge is 0.277 e. The van der Waals surface area contributed by atoms with Crippen LogP contribution in [0.2, 0.25) is 0 Å². The van der Waals surface area contributed by atoms with Gasteiger partial charge in [-0.25, -0.2) is 4.98 Å².